The first-order valence-electron chi connectivity index (χ1n) is 4.33. The zero-order chi connectivity index (χ0) is 13.2. The van der Waals surface area contributed by atoms with E-state index in [1.165, 1.54) is 6.07 Å². The molecule has 1 rings (SSSR count). The van der Waals surface area contributed by atoms with Crippen molar-refractivity contribution < 1.29 is 23.1 Å². The Labute approximate surface area is 103 Å². The molecule has 0 unspecified atom stereocenters. The van der Waals surface area contributed by atoms with Crippen molar-refractivity contribution in [1.29, 1.82) is 0 Å². The molecule has 0 heterocycles. The first kappa shape index (κ1) is 13.6. The van der Waals surface area contributed by atoms with E-state index >= 15 is 0 Å². The van der Waals surface area contributed by atoms with Crippen LogP contribution in [0.5, 0.6) is 5.75 Å². The van der Waals surface area contributed by atoms with Crippen molar-refractivity contribution in [3.63, 3.8) is 0 Å². The summed E-state index contributed by atoms with van der Waals surface area (Å²) in [6.45, 7) is -1.46. The van der Waals surface area contributed by atoms with Crippen LogP contribution >= 0.6 is 15.9 Å². The van der Waals surface area contributed by atoms with Crippen molar-refractivity contribution in [3.05, 3.63) is 22.2 Å². The molecule has 94 valence electrons. The molecule has 1 aromatic rings. The summed E-state index contributed by atoms with van der Waals surface area (Å²) in [5, 5.41) is 10.9. The average Bonchev–Trinajstić information content (AvgIpc) is 2.19. The van der Waals surface area contributed by atoms with Gasteiger partial charge in [0, 0.05) is 4.47 Å². The third-order valence-electron chi connectivity index (χ3n) is 1.81. The minimum Gasteiger partial charge on any atom is -0.508 e. The molecule has 4 nitrogen and oxygen atoms in total. The second-order valence-electron chi connectivity index (χ2n) is 3.19. The highest BCUT2D eigenvalue weighted by Crippen LogP contribution is 2.28. The number of benzene rings is 1. The smallest absolute Gasteiger partial charge is 0.405 e. The van der Waals surface area contributed by atoms with E-state index in [4.69, 9.17) is 5.73 Å². The van der Waals surface area contributed by atoms with Crippen LogP contribution in [-0.4, -0.2) is 23.7 Å². The van der Waals surface area contributed by atoms with Gasteiger partial charge in [0.1, 0.15) is 12.3 Å². The van der Waals surface area contributed by atoms with E-state index in [-0.39, 0.29) is 21.5 Å². The molecule has 0 aliphatic rings. The third-order valence-corrected chi connectivity index (χ3v) is 2.46. The van der Waals surface area contributed by atoms with Gasteiger partial charge in [-0.05, 0) is 28.1 Å². The van der Waals surface area contributed by atoms with Crippen LogP contribution in [0.1, 0.15) is 10.4 Å². The van der Waals surface area contributed by atoms with Crippen LogP contribution in [0.3, 0.4) is 0 Å². The summed E-state index contributed by atoms with van der Waals surface area (Å²) < 4.78 is 35.9. The van der Waals surface area contributed by atoms with Gasteiger partial charge in [0.15, 0.2) is 0 Å². The second-order valence-corrected chi connectivity index (χ2v) is 4.04. The molecule has 0 spiro atoms. The van der Waals surface area contributed by atoms with Gasteiger partial charge in [-0.1, -0.05) is 0 Å². The zero-order valence-electron chi connectivity index (χ0n) is 8.31. The van der Waals surface area contributed by atoms with E-state index in [0.29, 0.717) is 0 Å². The molecule has 0 saturated carbocycles. The van der Waals surface area contributed by atoms with Crippen molar-refractivity contribution in [2.45, 2.75) is 6.18 Å². The number of carbonyl (C=O) groups is 1. The number of phenolic OH excluding ortho intramolecular Hbond substituents is 1. The van der Waals surface area contributed by atoms with Gasteiger partial charge >= 0.3 is 6.18 Å². The van der Waals surface area contributed by atoms with Gasteiger partial charge in [-0.2, -0.15) is 13.2 Å². The third kappa shape index (κ3) is 3.81. The normalized spacial score (nSPS) is 11.3. The largest absolute Gasteiger partial charge is 0.508 e. The maximum atomic E-state index is 11.9. The van der Waals surface area contributed by atoms with E-state index in [1.807, 2.05) is 0 Å². The van der Waals surface area contributed by atoms with Crippen LogP contribution in [0, 0.1) is 0 Å². The van der Waals surface area contributed by atoms with Crippen molar-refractivity contribution >= 4 is 27.5 Å². The van der Waals surface area contributed by atoms with Crippen LogP contribution in [0.25, 0.3) is 0 Å². The summed E-state index contributed by atoms with van der Waals surface area (Å²) in [6.07, 6.45) is -4.50. The fourth-order valence-corrected chi connectivity index (χ4v) is 1.52. The summed E-state index contributed by atoms with van der Waals surface area (Å²) in [5.41, 5.74) is 5.23. The topological polar surface area (TPSA) is 75.3 Å². The lowest BCUT2D eigenvalue weighted by atomic mass is 10.1. The minimum atomic E-state index is -4.50. The molecule has 0 radical (unpaired) electrons. The molecule has 0 atom stereocenters. The number of halogens is 4. The van der Waals surface area contributed by atoms with Crippen molar-refractivity contribution in [1.82, 2.24) is 5.32 Å². The number of aromatic hydroxyl groups is 1. The number of carbonyl (C=O) groups excluding carboxylic acids is 1. The van der Waals surface area contributed by atoms with Crippen LogP contribution in [0.4, 0.5) is 18.9 Å². The van der Waals surface area contributed by atoms with E-state index in [2.05, 4.69) is 15.9 Å². The van der Waals surface area contributed by atoms with Gasteiger partial charge < -0.3 is 16.2 Å². The number of amides is 1. The standard InChI is InChI=1S/C9H8BrF3N2O2/c10-6-2-4(16)1-5(7(6)14)8(17)15-3-9(11,12)13/h1-2,16H,3,14H2,(H,15,17). The van der Waals surface area contributed by atoms with Gasteiger partial charge in [-0.3, -0.25) is 4.79 Å². The number of nitrogen functional groups attached to an aromatic ring is 1. The summed E-state index contributed by atoms with van der Waals surface area (Å²) >= 11 is 2.97. The van der Waals surface area contributed by atoms with E-state index in [9.17, 15) is 23.1 Å². The number of hydrogen-bond donors (Lipinski definition) is 3. The molecule has 17 heavy (non-hydrogen) atoms. The van der Waals surface area contributed by atoms with E-state index < -0.39 is 18.6 Å². The second kappa shape index (κ2) is 4.82. The minimum absolute atomic E-state index is 0.0394. The molecule has 4 N–H and O–H groups in total. The van der Waals surface area contributed by atoms with Gasteiger partial charge in [-0.15, -0.1) is 0 Å². The maximum Gasteiger partial charge on any atom is 0.405 e. The Hall–Kier alpha value is -1.44. The molecule has 0 aliphatic heterocycles. The Morgan fingerprint density at radius 2 is 2.06 bits per heavy atom. The molecule has 1 aromatic carbocycles. The summed E-state index contributed by atoms with van der Waals surface area (Å²) in [5.74, 6) is -1.28. The fraction of sp³-hybridized carbons (Fsp3) is 0.222. The Morgan fingerprint density at radius 1 is 1.47 bits per heavy atom. The number of nitrogens with two attached hydrogens (primary N) is 1. The van der Waals surface area contributed by atoms with Gasteiger partial charge in [0.05, 0.1) is 11.3 Å². The number of rotatable bonds is 2. The molecule has 0 aromatic heterocycles. The first-order chi connectivity index (χ1) is 7.70. The Kier molecular flexibility index (Phi) is 3.87. The number of anilines is 1. The molecule has 0 bridgehead atoms. The predicted molar refractivity (Wildman–Crippen MR) is 58.6 cm³/mol. The molecule has 8 heteroatoms. The highest BCUT2D eigenvalue weighted by molar-refractivity contribution is 9.10. The number of hydrogen-bond acceptors (Lipinski definition) is 3. The number of nitrogens with one attached hydrogen (secondary N) is 1. The van der Waals surface area contributed by atoms with Crippen LogP contribution in [0.2, 0.25) is 0 Å². The van der Waals surface area contributed by atoms with Crippen LogP contribution in [0.15, 0.2) is 16.6 Å². The predicted octanol–water partition coefficient (Wildman–Crippen LogP) is 2.03. The molecule has 0 fully saturated rings. The summed E-state index contributed by atoms with van der Waals surface area (Å²) in [7, 11) is 0. The van der Waals surface area contributed by atoms with Gasteiger partial charge in [0.2, 0.25) is 0 Å². The quantitative estimate of drug-likeness (QED) is 0.578. The van der Waals surface area contributed by atoms with Gasteiger partial charge in [-0.25, -0.2) is 0 Å². The average molecular weight is 313 g/mol. The molecular weight excluding hydrogens is 305 g/mol. The number of alkyl halides is 3. The van der Waals surface area contributed by atoms with Gasteiger partial charge in [0.25, 0.3) is 5.91 Å². The maximum absolute atomic E-state index is 11.9. The SMILES string of the molecule is Nc1c(Br)cc(O)cc1C(=O)NCC(F)(F)F. The first-order valence-corrected chi connectivity index (χ1v) is 5.13. The lowest BCUT2D eigenvalue weighted by Gasteiger charge is -2.11. The van der Waals surface area contributed by atoms with Crippen molar-refractivity contribution in [2.75, 3.05) is 12.3 Å². The number of phenols is 1. The molecule has 0 aliphatic carbocycles. The highest BCUT2D eigenvalue weighted by atomic mass is 79.9. The molecular formula is C9H8BrF3N2O2. The summed E-state index contributed by atoms with van der Waals surface area (Å²) in [6, 6.07) is 2.22. The lowest BCUT2D eigenvalue weighted by Crippen LogP contribution is -2.34. The van der Waals surface area contributed by atoms with E-state index in [0.717, 1.165) is 6.07 Å². The Bertz CT molecular complexity index is 449. The summed E-state index contributed by atoms with van der Waals surface area (Å²) in [4.78, 5) is 11.4. The molecule has 1 amide bonds. The highest BCUT2D eigenvalue weighted by Gasteiger charge is 2.28. The van der Waals surface area contributed by atoms with E-state index in [1.54, 1.807) is 5.32 Å². The lowest BCUT2D eigenvalue weighted by molar-refractivity contribution is -0.123. The van der Waals surface area contributed by atoms with Crippen molar-refractivity contribution in [2.24, 2.45) is 0 Å². The Balaban J connectivity index is 2.90. The molecule has 0 saturated heterocycles. The fourth-order valence-electron chi connectivity index (χ4n) is 1.07. The van der Waals surface area contributed by atoms with Crippen molar-refractivity contribution in [3.8, 4) is 5.75 Å². The van der Waals surface area contributed by atoms with Crippen LogP contribution < -0.4 is 11.1 Å². The monoisotopic (exact) mass is 312 g/mol. The Morgan fingerprint density at radius 3 is 2.59 bits per heavy atom. The van der Waals surface area contributed by atoms with Crippen LogP contribution in [-0.2, 0) is 0 Å². The zero-order valence-corrected chi connectivity index (χ0v) is 9.89.